The van der Waals surface area contributed by atoms with Crippen LogP contribution < -0.4 is 0 Å². The summed E-state index contributed by atoms with van der Waals surface area (Å²) in [5.41, 5.74) is 0. The lowest BCUT2D eigenvalue weighted by atomic mass is 10.3. The molecule has 0 saturated carbocycles. The molecule has 0 saturated heterocycles. The van der Waals surface area contributed by atoms with Crippen molar-refractivity contribution in [2.45, 2.75) is 45.8 Å². The fourth-order valence-electron chi connectivity index (χ4n) is 0.927. The van der Waals surface area contributed by atoms with Gasteiger partial charge in [-0.1, -0.05) is 26.7 Å². The maximum Gasteiger partial charge on any atom is 0.510 e. The van der Waals surface area contributed by atoms with Gasteiger partial charge in [0.05, 0.1) is 13.7 Å². The Morgan fingerprint density at radius 1 is 1.29 bits per heavy atom. The molecule has 4 heteroatoms. The van der Waals surface area contributed by atoms with Crippen molar-refractivity contribution in [1.29, 1.82) is 0 Å². The van der Waals surface area contributed by atoms with E-state index >= 15 is 0 Å². The molecule has 14 heavy (non-hydrogen) atoms. The number of ether oxygens (including phenoxy) is 3. The fourth-order valence-corrected chi connectivity index (χ4v) is 0.927. The van der Waals surface area contributed by atoms with Crippen molar-refractivity contribution < 1.29 is 19.0 Å². The van der Waals surface area contributed by atoms with E-state index in [0.717, 1.165) is 19.3 Å². The van der Waals surface area contributed by atoms with Gasteiger partial charge >= 0.3 is 6.16 Å². The number of hydrogen-bond donors (Lipinski definition) is 0. The van der Waals surface area contributed by atoms with E-state index in [1.165, 1.54) is 7.11 Å². The Morgan fingerprint density at radius 2 is 2.00 bits per heavy atom. The van der Waals surface area contributed by atoms with E-state index in [1.807, 2.05) is 6.92 Å². The molecule has 1 unspecified atom stereocenters. The number of hydrogen-bond acceptors (Lipinski definition) is 4. The Balaban J connectivity index is 3.70. The lowest BCUT2D eigenvalue weighted by Gasteiger charge is -2.16. The summed E-state index contributed by atoms with van der Waals surface area (Å²) in [6.45, 7) is 4.72. The van der Waals surface area contributed by atoms with Crippen molar-refractivity contribution in [3.05, 3.63) is 0 Å². The second-order valence-corrected chi connectivity index (χ2v) is 3.01. The largest absolute Gasteiger partial charge is 0.510 e. The molecule has 0 radical (unpaired) electrons. The van der Waals surface area contributed by atoms with Crippen molar-refractivity contribution in [3.63, 3.8) is 0 Å². The molecule has 1 atom stereocenters. The highest BCUT2D eigenvalue weighted by molar-refractivity contribution is 5.59. The van der Waals surface area contributed by atoms with Crippen molar-refractivity contribution in [2.75, 3.05) is 13.7 Å². The van der Waals surface area contributed by atoms with Crippen LogP contribution in [0, 0.1) is 0 Å². The van der Waals surface area contributed by atoms with Gasteiger partial charge in [-0.3, -0.25) is 0 Å². The lowest BCUT2D eigenvalue weighted by molar-refractivity contribution is -0.123. The molecule has 0 rings (SSSR count). The van der Waals surface area contributed by atoms with Crippen molar-refractivity contribution in [3.8, 4) is 0 Å². The standard InChI is InChI=1S/C10H20O4/c1-4-6-8-13-9(7-5-2)14-10(11)12-3/h9H,4-8H2,1-3H3. The molecule has 4 nitrogen and oxygen atoms in total. The van der Waals surface area contributed by atoms with Crippen LogP contribution in [0.3, 0.4) is 0 Å². The lowest BCUT2D eigenvalue weighted by Crippen LogP contribution is -2.21. The molecule has 0 bridgehead atoms. The Labute approximate surface area is 85.5 Å². The summed E-state index contributed by atoms with van der Waals surface area (Å²) in [5, 5.41) is 0. The van der Waals surface area contributed by atoms with Crippen LogP contribution in [0.2, 0.25) is 0 Å². The van der Waals surface area contributed by atoms with E-state index < -0.39 is 12.4 Å². The zero-order chi connectivity index (χ0) is 10.8. The van der Waals surface area contributed by atoms with Crippen LogP contribution in [0.15, 0.2) is 0 Å². The number of unbranched alkanes of at least 4 members (excludes halogenated alkanes) is 1. The summed E-state index contributed by atoms with van der Waals surface area (Å²) >= 11 is 0. The Morgan fingerprint density at radius 3 is 2.50 bits per heavy atom. The van der Waals surface area contributed by atoms with Crippen LogP contribution in [-0.4, -0.2) is 26.2 Å². The van der Waals surface area contributed by atoms with Gasteiger partial charge in [0, 0.05) is 6.42 Å². The van der Waals surface area contributed by atoms with Crippen molar-refractivity contribution >= 4 is 6.16 Å². The van der Waals surface area contributed by atoms with Crippen LogP contribution in [0.1, 0.15) is 39.5 Å². The Bertz CT molecular complexity index is 147. The maximum absolute atomic E-state index is 10.8. The highest BCUT2D eigenvalue weighted by Gasteiger charge is 2.13. The second kappa shape index (κ2) is 8.81. The van der Waals surface area contributed by atoms with E-state index in [9.17, 15) is 4.79 Å². The average Bonchev–Trinajstić information content (AvgIpc) is 2.18. The van der Waals surface area contributed by atoms with Gasteiger partial charge in [0.2, 0.25) is 6.29 Å². The molecule has 0 aliphatic rings. The molecule has 0 amide bonds. The van der Waals surface area contributed by atoms with E-state index in [2.05, 4.69) is 11.7 Å². The van der Waals surface area contributed by atoms with E-state index in [4.69, 9.17) is 9.47 Å². The van der Waals surface area contributed by atoms with Crippen molar-refractivity contribution in [2.24, 2.45) is 0 Å². The highest BCUT2D eigenvalue weighted by Crippen LogP contribution is 2.06. The summed E-state index contributed by atoms with van der Waals surface area (Å²) in [6.07, 6.45) is 2.52. The number of methoxy groups -OCH3 is 1. The predicted octanol–water partition coefficient (Wildman–Crippen LogP) is 2.71. The topological polar surface area (TPSA) is 44.8 Å². The SMILES string of the molecule is CCCCOC(CCC)OC(=O)OC. The molecular formula is C10H20O4. The first-order valence-electron chi connectivity index (χ1n) is 5.10. The van der Waals surface area contributed by atoms with E-state index in [1.54, 1.807) is 0 Å². The molecule has 84 valence electrons. The van der Waals surface area contributed by atoms with Crippen LogP contribution in [-0.2, 0) is 14.2 Å². The minimum atomic E-state index is -0.681. The molecule has 0 aliphatic carbocycles. The second-order valence-electron chi connectivity index (χ2n) is 3.01. The van der Waals surface area contributed by atoms with Gasteiger partial charge in [-0.05, 0) is 6.42 Å². The van der Waals surface area contributed by atoms with E-state index in [-0.39, 0.29) is 0 Å². The predicted molar refractivity (Wildman–Crippen MR) is 53.0 cm³/mol. The van der Waals surface area contributed by atoms with Gasteiger partial charge in [-0.25, -0.2) is 4.79 Å². The molecule has 0 aromatic carbocycles. The third-order valence-electron chi connectivity index (χ3n) is 1.72. The van der Waals surface area contributed by atoms with Crippen LogP contribution in [0.4, 0.5) is 4.79 Å². The first-order chi connectivity index (χ1) is 6.74. The van der Waals surface area contributed by atoms with Gasteiger partial charge in [-0.2, -0.15) is 0 Å². The molecule has 0 fully saturated rings. The maximum atomic E-state index is 10.8. The molecule has 0 aromatic heterocycles. The zero-order valence-electron chi connectivity index (χ0n) is 9.25. The first-order valence-corrected chi connectivity index (χ1v) is 5.10. The first kappa shape index (κ1) is 13.2. The van der Waals surface area contributed by atoms with Crippen molar-refractivity contribution in [1.82, 2.24) is 0 Å². The van der Waals surface area contributed by atoms with Crippen LogP contribution in [0.5, 0.6) is 0 Å². The fraction of sp³-hybridized carbons (Fsp3) is 0.900. The monoisotopic (exact) mass is 204 g/mol. The summed E-state index contributed by atoms with van der Waals surface area (Å²) in [4.78, 5) is 10.8. The number of carbonyl (C=O) groups excluding carboxylic acids is 1. The average molecular weight is 204 g/mol. The molecule has 0 N–H and O–H groups in total. The smallest absolute Gasteiger partial charge is 0.438 e. The number of rotatable bonds is 7. The molecule has 0 spiro atoms. The molecule has 0 heterocycles. The number of carbonyl (C=O) groups is 1. The van der Waals surface area contributed by atoms with Gasteiger partial charge in [-0.15, -0.1) is 0 Å². The third-order valence-corrected chi connectivity index (χ3v) is 1.72. The molecular weight excluding hydrogens is 184 g/mol. The van der Waals surface area contributed by atoms with Gasteiger partial charge < -0.3 is 14.2 Å². The van der Waals surface area contributed by atoms with Crippen LogP contribution >= 0.6 is 0 Å². The minimum Gasteiger partial charge on any atom is -0.438 e. The molecule has 0 aromatic rings. The van der Waals surface area contributed by atoms with Gasteiger partial charge in [0.1, 0.15) is 0 Å². The zero-order valence-corrected chi connectivity index (χ0v) is 9.25. The summed E-state index contributed by atoms with van der Waals surface area (Å²) < 4.78 is 14.7. The van der Waals surface area contributed by atoms with Gasteiger partial charge in [0.15, 0.2) is 0 Å². The Hall–Kier alpha value is -0.770. The minimum absolute atomic E-state index is 0.459. The summed E-state index contributed by atoms with van der Waals surface area (Å²) in [6, 6.07) is 0. The Kier molecular flexibility index (Phi) is 8.33. The third kappa shape index (κ3) is 6.71. The quantitative estimate of drug-likeness (QED) is 0.363. The summed E-state index contributed by atoms with van der Waals surface area (Å²) in [5.74, 6) is 0. The van der Waals surface area contributed by atoms with Crippen LogP contribution in [0.25, 0.3) is 0 Å². The van der Waals surface area contributed by atoms with Gasteiger partial charge in [0.25, 0.3) is 0 Å². The normalized spacial score (nSPS) is 12.2. The summed E-state index contributed by atoms with van der Waals surface area (Å²) in [7, 11) is 1.29. The highest BCUT2D eigenvalue weighted by atomic mass is 16.8. The molecule has 0 aliphatic heterocycles. The van der Waals surface area contributed by atoms with E-state index in [0.29, 0.717) is 13.0 Å².